The lowest BCUT2D eigenvalue weighted by Gasteiger charge is -2.25. The Morgan fingerprint density at radius 2 is 1.80 bits per heavy atom. The molecule has 20 heavy (non-hydrogen) atoms. The van der Waals surface area contributed by atoms with Crippen LogP contribution in [0.15, 0.2) is 36.4 Å². The van der Waals surface area contributed by atoms with E-state index in [1.807, 2.05) is 0 Å². The van der Waals surface area contributed by atoms with Crippen LogP contribution in [0.1, 0.15) is 27.6 Å². The molecular formula is C15H12O5. The molecule has 0 bridgehead atoms. The zero-order valence-corrected chi connectivity index (χ0v) is 10.4. The van der Waals surface area contributed by atoms with Crippen molar-refractivity contribution in [3.05, 3.63) is 53.1 Å². The number of carbonyl (C=O) groups excluding carboxylic acids is 1. The minimum atomic E-state index is -0.595. The molecule has 0 saturated heterocycles. The fourth-order valence-electron chi connectivity index (χ4n) is 2.35. The van der Waals surface area contributed by atoms with Crippen LogP contribution in [-0.4, -0.2) is 21.3 Å². The largest absolute Gasteiger partial charge is 0.507 e. The normalized spacial score (nSPS) is 17.4. The Labute approximate surface area is 114 Å². The van der Waals surface area contributed by atoms with Crippen LogP contribution in [0.2, 0.25) is 0 Å². The van der Waals surface area contributed by atoms with E-state index in [0.29, 0.717) is 17.5 Å². The fraction of sp³-hybridized carbons (Fsp3) is 0.133. The summed E-state index contributed by atoms with van der Waals surface area (Å²) in [7, 11) is 0. The molecule has 3 rings (SSSR count). The summed E-state index contributed by atoms with van der Waals surface area (Å²) < 4.78 is 5.28. The molecule has 1 atom stereocenters. The van der Waals surface area contributed by atoms with Gasteiger partial charge >= 0.3 is 5.97 Å². The van der Waals surface area contributed by atoms with Gasteiger partial charge in [-0.15, -0.1) is 0 Å². The first-order chi connectivity index (χ1) is 9.56. The van der Waals surface area contributed by atoms with Crippen LogP contribution in [0.5, 0.6) is 17.2 Å². The van der Waals surface area contributed by atoms with Crippen molar-refractivity contribution >= 4 is 5.97 Å². The summed E-state index contributed by atoms with van der Waals surface area (Å²) >= 11 is 0. The van der Waals surface area contributed by atoms with Crippen molar-refractivity contribution in [2.45, 2.75) is 12.5 Å². The third-order valence-electron chi connectivity index (χ3n) is 3.36. The maximum absolute atomic E-state index is 11.9. The molecule has 2 aromatic rings. The van der Waals surface area contributed by atoms with Gasteiger partial charge in [0.05, 0.1) is 0 Å². The molecule has 2 aromatic carbocycles. The molecule has 102 valence electrons. The monoisotopic (exact) mass is 272 g/mol. The molecule has 0 radical (unpaired) electrons. The first-order valence-corrected chi connectivity index (χ1v) is 6.10. The van der Waals surface area contributed by atoms with Crippen molar-refractivity contribution in [1.29, 1.82) is 0 Å². The number of ether oxygens (including phenoxy) is 1. The SMILES string of the molecule is O=C1O[C@@H](c2ccc(O)c(O)c2)Cc2cccc(O)c21. The Hall–Kier alpha value is -2.69. The molecule has 0 fully saturated rings. The fourth-order valence-corrected chi connectivity index (χ4v) is 2.35. The summed E-state index contributed by atoms with van der Waals surface area (Å²) in [6, 6.07) is 9.14. The number of cyclic esters (lactones) is 1. The van der Waals surface area contributed by atoms with Crippen molar-refractivity contribution < 1.29 is 24.9 Å². The van der Waals surface area contributed by atoms with Gasteiger partial charge in [-0.05, 0) is 29.3 Å². The lowest BCUT2D eigenvalue weighted by molar-refractivity contribution is 0.0248. The third-order valence-corrected chi connectivity index (χ3v) is 3.36. The molecule has 0 aromatic heterocycles. The molecule has 1 aliphatic rings. The first-order valence-electron chi connectivity index (χ1n) is 6.10. The summed E-state index contributed by atoms with van der Waals surface area (Å²) in [4.78, 5) is 11.9. The van der Waals surface area contributed by atoms with Gasteiger partial charge in [0, 0.05) is 6.42 Å². The molecule has 0 spiro atoms. The lowest BCUT2D eigenvalue weighted by atomic mass is 9.94. The van der Waals surface area contributed by atoms with Gasteiger partial charge in [-0.1, -0.05) is 18.2 Å². The summed E-state index contributed by atoms with van der Waals surface area (Å²) in [6.45, 7) is 0. The van der Waals surface area contributed by atoms with Gasteiger partial charge in [0.2, 0.25) is 0 Å². The highest BCUT2D eigenvalue weighted by Gasteiger charge is 2.30. The van der Waals surface area contributed by atoms with E-state index in [-0.39, 0.29) is 22.8 Å². The number of rotatable bonds is 1. The number of aromatic hydroxyl groups is 3. The van der Waals surface area contributed by atoms with Gasteiger partial charge in [0.25, 0.3) is 0 Å². The molecular weight excluding hydrogens is 260 g/mol. The Kier molecular flexibility index (Phi) is 2.75. The molecule has 5 nitrogen and oxygen atoms in total. The predicted octanol–water partition coefficient (Wildman–Crippen LogP) is 2.26. The quantitative estimate of drug-likeness (QED) is 0.547. The van der Waals surface area contributed by atoms with E-state index in [2.05, 4.69) is 0 Å². The average molecular weight is 272 g/mol. The van der Waals surface area contributed by atoms with Crippen molar-refractivity contribution in [1.82, 2.24) is 0 Å². The number of hydrogen-bond acceptors (Lipinski definition) is 5. The first kappa shape index (κ1) is 12.3. The van der Waals surface area contributed by atoms with E-state index < -0.39 is 12.1 Å². The number of phenolic OH excluding ortho intramolecular Hbond substituents is 3. The van der Waals surface area contributed by atoms with Crippen molar-refractivity contribution in [3.8, 4) is 17.2 Å². The maximum Gasteiger partial charge on any atom is 0.342 e. The van der Waals surface area contributed by atoms with Gasteiger partial charge in [0.15, 0.2) is 11.5 Å². The summed E-state index contributed by atoms with van der Waals surface area (Å²) in [5, 5.41) is 28.5. The second-order valence-corrected chi connectivity index (χ2v) is 4.66. The van der Waals surface area contributed by atoms with Crippen LogP contribution in [0.4, 0.5) is 0 Å². The minimum Gasteiger partial charge on any atom is -0.507 e. The van der Waals surface area contributed by atoms with Gasteiger partial charge < -0.3 is 20.1 Å². The second-order valence-electron chi connectivity index (χ2n) is 4.66. The average Bonchev–Trinajstić information content (AvgIpc) is 2.41. The van der Waals surface area contributed by atoms with Crippen LogP contribution < -0.4 is 0 Å². The number of carbonyl (C=O) groups is 1. The number of esters is 1. The zero-order valence-electron chi connectivity index (χ0n) is 10.4. The van der Waals surface area contributed by atoms with E-state index >= 15 is 0 Å². The van der Waals surface area contributed by atoms with Gasteiger partial charge in [-0.2, -0.15) is 0 Å². The molecule has 0 saturated carbocycles. The van der Waals surface area contributed by atoms with E-state index in [4.69, 9.17) is 4.74 Å². The van der Waals surface area contributed by atoms with Crippen molar-refractivity contribution in [2.75, 3.05) is 0 Å². The highest BCUT2D eigenvalue weighted by molar-refractivity contribution is 5.95. The van der Waals surface area contributed by atoms with Crippen LogP contribution in [0, 0.1) is 0 Å². The van der Waals surface area contributed by atoms with E-state index in [0.717, 1.165) is 0 Å². The minimum absolute atomic E-state index is 0.0977. The van der Waals surface area contributed by atoms with Gasteiger partial charge in [-0.3, -0.25) is 0 Å². The molecule has 0 aliphatic carbocycles. The van der Waals surface area contributed by atoms with Gasteiger partial charge in [-0.25, -0.2) is 4.79 Å². The molecule has 0 unspecified atom stereocenters. The summed E-state index contributed by atoms with van der Waals surface area (Å²) in [5.41, 5.74) is 1.47. The predicted molar refractivity (Wildman–Crippen MR) is 69.7 cm³/mol. The standard InChI is InChI=1S/C15H12O5/c16-10-5-4-8(6-12(10)18)13-7-9-2-1-3-11(17)14(9)15(19)20-13/h1-6,13,16-18H,7H2/t13-/m1/s1. The number of hydrogen-bond donors (Lipinski definition) is 3. The molecule has 5 heteroatoms. The second kappa shape index (κ2) is 4.45. The van der Waals surface area contributed by atoms with Crippen LogP contribution in [-0.2, 0) is 11.2 Å². The highest BCUT2D eigenvalue weighted by Crippen LogP contribution is 2.36. The van der Waals surface area contributed by atoms with Crippen LogP contribution in [0.3, 0.4) is 0 Å². The molecule has 0 amide bonds. The van der Waals surface area contributed by atoms with Gasteiger partial charge in [0.1, 0.15) is 17.4 Å². The Morgan fingerprint density at radius 1 is 1.00 bits per heavy atom. The van der Waals surface area contributed by atoms with E-state index in [9.17, 15) is 20.1 Å². The number of fused-ring (bicyclic) bond motifs is 1. The smallest absolute Gasteiger partial charge is 0.342 e. The Balaban J connectivity index is 1.99. The Morgan fingerprint density at radius 3 is 2.55 bits per heavy atom. The van der Waals surface area contributed by atoms with Crippen molar-refractivity contribution in [3.63, 3.8) is 0 Å². The zero-order chi connectivity index (χ0) is 14.3. The molecule has 1 heterocycles. The van der Waals surface area contributed by atoms with E-state index in [1.54, 1.807) is 18.2 Å². The summed E-state index contributed by atoms with van der Waals surface area (Å²) in [6.07, 6.45) is -0.150. The lowest BCUT2D eigenvalue weighted by Crippen LogP contribution is -2.21. The number of phenols is 3. The number of benzene rings is 2. The topological polar surface area (TPSA) is 87.0 Å². The molecule has 3 N–H and O–H groups in total. The van der Waals surface area contributed by atoms with Crippen LogP contribution >= 0.6 is 0 Å². The maximum atomic E-state index is 11.9. The third kappa shape index (κ3) is 1.93. The Bertz CT molecular complexity index is 693. The molecule has 1 aliphatic heterocycles. The summed E-state index contributed by atoms with van der Waals surface area (Å²) in [5.74, 6) is -1.18. The van der Waals surface area contributed by atoms with Crippen molar-refractivity contribution in [2.24, 2.45) is 0 Å². The van der Waals surface area contributed by atoms with E-state index in [1.165, 1.54) is 18.2 Å². The van der Waals surface area contributed by atoms with Crippen LogP contribution in [0.25, 0.3) is 0 Å². The highest BCUT2D eigenvalue weighted by atomic mass is 16.5.